The molecular formula is C16H20BrN3O. The summed E-state index contributed by atoms with van der Waals surface area (Å²) >= 11 is 3.42. The molecule has 1 fully saturated rings. The summed E-state index contributed by atoms with van der Waals surface area (Å²) in [7, 11) is 0. The SMILES string of the molecule is CCCC1(C(=O)Nc2ccc(C#N)cc2Br)CCNCC1. The van der Waals surface area contributed by atoms with Crippen LogP contribution in [0.4, 0.5) is 5.69 Å². The van der Waals surface area contributed by atoms with Crippen molar-refractivity contribution in [1.29, 1.82) is 5.26 Å². The van der Waals surface area contributed by atoms with Crippen molar-refractivity contribution in [3.8, 4) is 6.07 Å². The van der Waals surface area contributed by atoms with E-state index in [0.29, 0.717) is 5.56 Å². The first-order valence-corrected chi connectivity index (χ1v) is 8.12. The number of carbonyl (C=O) groups excluding carboxylic acids is 1. The second kappa shape index (κ2) is 7.06. The van der Waals surface area contributed by atoms with E-state index in [4.69, 9.17) is 5.26 Å². The van der Waals surface area contributed by atoms with Crippen LogP contribution in [0.5, 0.6) is 0 Å². The normalized spacial score (nSPS) is 17.0. The number of halogens is 1. The van der Waals surface area contributed by atoms with Crippen LogP contribution >= 0.6 is 15.9 Å². The van der Waals surface area contributed by atoms with E-state index in [9.17, 15) is 4.79 Å². The van der Waals surface area contributed by atoms with Crippen molar-refractivity contribution in [2.24, 2.45) is 5.41 Å². The van der Waals surface area contributed by atoms with Crippen LogP contribution in [-0.4, -0.2) is 19.0 Å². The molecule has 2 N–H and O–H groups in total. The van der Waals surface area contributed by atoms with Crippen LogP contribution in [-0.2, 0) is 4.79 Å². The van der Waals surface area contributed by atoms with Crippen LogP contribution in [0.15, 0.2) is 22.7 Å². The zero-order chi connectivity index (χ0) is 15.3. The van der Waals surface area contributed by atoms with E-state index >= 15 is 0 Å². The summed E-state index contributed by atoms with van der Waals surface area (Å²) in [5.41, 5.74) is 1.03. The number of nitriles is 1. The summed E-state index contributed by atoms with van der Waals surface area (Å²) in [6.07, 6.45) is 3.66. The molecule has 4 nitrogen and oxygen atoms in total. The highest BCUT2D eigenvalue weighted by Crippen LogP contribution is 2.36. The first kappa shape index (κ1) is 16.0. The van der Waals surface area contributed by atoms with Crippen molar-refractivity contribution in [1.82, 2.24) is 5.32 Å². The lowest BCUT2D eigenvalue weighted by atomic mass is 9.74. The van der Waals surface area contributed by atoms with Gasteiger partial charge in [0.1, 0.15) is 0 Å². The van der Waals surface area contributed by atoms with E-state index in [1.165, 1.54) is 0 Å². The van der Waals surface area contributed by atoms with Crippen LogP contribution in [0.3, 0.4) is 0 Å². The molecule has 1 saturated heterocycles. The van der Waals surface area contributed by atoms with Crippen LogP contribution in [0, 0.1) is 16.7 Å². The molecule has 1 aromatic rings. The smallest absolute Gasteiger partial charge is 0.230 e. The lowest BCUT2D eigenvalue weighted by Gasteiger charge is -2.36. The van der Waals surface area contributed by atoms with Crippen LogP contribution in [0.25, 0.3) is 0 Å². The first-order valence-electron chi connectivity index (χ1n) is 7.33. The van der Waals surface area contributed by atoms with E-state index in [1.54, 1.807) is 18.2 Å². The number of hydrogen-bond donors (Lipinski definition) is 2. The van der Waals surface area contributed by atoms with Gasteiger partial charge in [0.25, 0.3) is 0 Å². The average molecular weight is 350 g/mol. The summed E-state index contributed by atoms with van der Waals surface area (Å²) < 4.78 is 0.746. The van der Waals surface area contributed by atoms with E-state index < -0.39 is 0 Å². The van der Waals surface area contributed by atoms with Crippen molar-refractivity contribution in [3.63, 3.8) is 0 Å². The third-order valence-corrected chi connectivity index (χ3v) is 4.77. The summed E-state index contributed by atoms with van der Waals surface area (Å²) in [5, 5.41) is 15.2. The molecule has 1 aliphatic rings. The van der Waals surface area contributed by atoms with Crippen LogP contribution in [0.1, 0.15) is 38.2 Å². The number of nitrogens with one attached hydrogen (secondary N) is 2. The summed E-state index contributed by atoms with van der Waals surface area (Å²) in [4.78, 5) is 12.8. The Morgan fingerprint density at radius 3 is 2.76 bits per heavy atom. The summed E-state index contributed by atoms with van der Waals surface area (Å²) in [6, 6.07) is 7.31. The quantitative estimate of drug-likeness (QED) is 0.874. The first-order chi connectivity index (χ1) is 10.1. The van der Waals surface area contributed by atoms with E-state index in [-0.39, 0.29) is 11.3 Å². The van der Waals surface area contributed by atoms with Crippen LogP contribution < -0.4 is 10.6 Å². The van der Waals surface area contributed by atoms with Gasteiger partial charge in [-0.05, 0) is 66.5 Å². The molecule has 112 valence electrons. The van der Waals surface area contributed by atoms with Gasteiger partial charge in [-0.15, -0.1) is 0 Å². The van der Waals surface area contributed by atoms with Gasteiger partial charge in [-0.3, -0.25) is 4.79 Å². The lowest BCUT2D eigenvalue weighted by Crippen LogP contribution is -2.44. The van der Waals surface area contributed by atoms with Crippen molar-refractivity contribution in [2.45, 2.75) is 32.6 Å². The highest BCUT2D eigenvalue weighted by atomic mass is 79.9. The highest BCUT2D eigenvalue weighted by molar-refractivity contribution is 9.10. The molecule has 0 aliphatic carbocycles. The van der Waals surface area contributed by atoms with Gasteiger partial charge in [0.2, 0.25) is 5.91 Å². The van der Waals surface area contributed by atoms with Crippen molar-refractivity contribution in [2.75, 3.05) is 18.4 Å². The number of anilines is 1. The van der Waals surface area contributed by atoms with Crippen LogP contribution in [0.2, 0.25) is 0 Å². The molecular weight excluding hydrogens is 330 g/mol. The molecule has 0 radical (unpaired) electrons. The Bertz CT molecular complexity index is 554. The molecule has 21 heavy (non-hydrogen) atoms. The molecule has 0 bridgehead atoms. The summed E-state index contributed by atoms with van der Waals surface area (Å²) in [5.74, 6) is 0.0938. The fraction of sp³-hybridized carbons (Fsp3) is 0.500. The number of nitrogens with zero attached hydrogens (tertiary/aromatic N) is 1. The second-order valence-electron chi connectivity index (χ2n) is 5.54. The lowest BCUT2D eigenvalue weighted by molar-refractivity contribution is -0.127. The molecule has 1 aliphatic heterocycles. The van der Waals surface area contributed by atoms with Gasteiger partial charge in [0.05, 0.1) is 22.7 Å². The van der Waals surface area contributed by atoms with Gasteiger partial charge in [0, 0.05) is 4.47 Å². The van der Waals surface area contributed by atoms with Gasteiger partial charge >= 0.3 is 0 Å². The third kappa shape index (κ3) is 3.63. The fourth-order valence-electron chi connectivity index (χ4n) is 2.92. The third-order valence-electron chi connectivity index (χ3n) is 4.12. The maximum atomic E-state index is 12.8. The highest BCUT2D eigenvalue weighted by Gasteiger charge is 2.38. The maximum Gasteiger partial charge on any atom is 0.230 e. The van der Waals surface area contributed by atoms with Crippen molar-refractivity contribution < 1.29 is 4.79 Å². The monoisotopic (exact) mass is 349 g/mol. The maximum absolute atomic E-state index is 12.8. The van der Waals surface area contributed by atoms with Gasteiger partial charge < -0.3 is 10.6 Å². The number of amides is 1. The van der Waals surface area contributed by atoms with Crippen molar-refractivity contribution in [3.05, 3.63) is 28.2 Å². The molecule has 0 spiro atoms. The average Bonchev–Trinajstić information content (AvgIpc) is 2.50. The molecule has 0 atom stereocenters. The molecule has 0 aromatic heterocycles. The van der Waals surface area contributed by atoms with Gasteiger partial charge in [0.15, 0.2) is 0 Å². The second-order valence-corrected chi connectivity index (χ2v) is 6.40. The molecule has 1 heterocycles. The Morgan fingerprint density at radius 1 is 1.48 bits per heavy atom. The standard InChI is InChI=1S/C16H20BrN3O/c1-2-5-16(6-8-19-9-7-16)15(21)20-14-4-3-12(11-18)10-13(14)17/h3-4,10,19H,2,5-9H2,1H3,(H,20,21). The topological polar surface area (TPSA) is 64.9 Å². The van der Waals surface area contributed by atoms with Gasteiger partial charge in [-0.2, -0.15) is 5.26 Å². The van der Waals surface area contributed by atoms with Gasteiger partial charge in [-0.25, -0.2) is 0 Å². The molecule has 2 rings (SSSR count). The predicted molar refractivity (Wildman–Crippen MR) is 86.9 cm³/mol. The Hall–Kier alpha value is -1.38. The Kier molecular flexibility index (Phi) is 5.38. The molecule has 0 saturated carbocycles. The number of piperidine rings is 1. The minimum Gasteiger partial charge on any atom is -0.325 e. The van der Waals surface area contributed by atoms with Gasteiger partial charge in [-0.1, -0.05) is 13.3 Å². The predicted octanol–water partition coefficient (Wildman–Crippen LogP) is 3.43. The largest absolute Gasteiger partial charge is 0.325 e. The zero-order valence-electron chi connectivity index (χ0n) is 12.2. The molecule has 1 amide bonds. The van der Waals surface area contributed by atoms with E-state index in [1.807, 2.05) is 0 Å². The minimum atomic E-state index is -0.270. The zero-order valence-corrected chi connectivity index (χ0v) is 13.8. The molecule has 0 unspecified atom stereocenters. The number of carbonyl (C=O) groups is 1. The molecule has 5 heteroatoms. The summed E-state index contributed by atoms with van der Waals surface area (Å²) in [6.45, 7) is 3.90. The van der Waals surface area contributed by atoms with E-state index in [0.717, 1.165) is 48.9 Å². The fourth-order valence-corrected chi connectivity index (χ4v) is 3.39. The number of rotatable bonds is 4. The Labute approximate surface area is 134 Å². The Morgan fingerprint density at radius 2 is 2.19 bits per heavy atom. The molecule has 1 aromatic carbocycles. The number of hydrogen-bond acceptors (Lipinski definition) is 3. The minimum absolute atomic E-state index is 0.0938. The number of benzene rings is 1. The van der Waals surface area contributed by atoms with Crippen molar-refractivity contribution >= 4 is 27.5 Å². The Balaban J connectivity index is 2.17. The van der Waals surface area contributed by atoms with E-state index in [2.05, 4.69) is 39.6 Å².